The Bertz CT molecular complexity index is 7940. The molecule has 2 atom stereocenters. The van der Waals surface area contributed by atoms with Crippen LogP contribution in [0.4, 0.5) is 11.6 Å². The molecule has 2 unspecified atom stereocenters. The van der Waals surface area contributed by atoms with Crippen molar-refractivity contribution in [2.45, 2.75) is 12.0 Å². The van der Waals surface area contributed by atoms with E-state index in [0.717, 1.165) is 177 Å². The highest BCUT2D eigenvalue weighted by Crippen LogP contribution is 2.54. The molecular formula is C114H74N10. The minimum Gasteiger partial charge on any atom is -0.307 e. The zero-order valence-electron chi connectivity index (χ0n) is 67.2. The maximum absolute atomic E-state index is 5.56. The van der Waals surface area contributed by atoms with E-state index in [1.54, 1.807) is 0 Å². The number of allylic oxidation sites excluding steroid dienone is 2. The van der Waals surface area contributed by atoms with Crippen molar-refractivity contribution in [2.75, 3.05) is 4.90 Å². The van der Waals surface area contributed by atoms with Gasteiger partial charge in [-0.25, -0.2) is 9.97 Å². The lowest BCUT2D eigenvalue weighted by Gasteiger charge is -2.28. The monoisotopic (exact) mass is 1580 g/mol. The summed E-state index contributed by atoms with van der Waals surface area (Å²) in [5.74, 6) is 3.55. The molecule has 5 aromatic heterocycles. The minimum atomic E-state index is -0.110. The quantitative estimate of drug-likeness (QED) is 0.101. The van der Waals surface area contributed by atoms with E-state index in [2.05, 4.69) is 413 Å². The number of aromatic nitrogens is 9. The number of para-hydroxylation sites is 3. The van der Waals surface area contributed by atoms with Gasteiger partial charge in [-0.2, -0.15) is 19.9 Å². The van der Waals surface area contributed by atoms with Gasteiger partial charge in [0.2, 0.25) is 11.9 Å². The van der Waals surface area contributed by atoms with Crippen LogP contribution in [0.25, 0.3) is 206 Å². The molecule has 0 radical (unpaired) electrons. The van der Waals surface area contributed by atoms with E-state index in [1.807, 2.05) is 42.5 Å². The summed E-state index contributed by atoms with van der Waals surface area (Å²) in [4.78, 5) is 34.8. The lowest BCUT2D eigenvalue weighted by molar-refractivity contribution is 0.728. The molecule has 0 bridgehead atoms. The van der Waals surface area contributed by atoms with Crippen molar-refractivity contribution in [3.05, 3.63) is 442 Å². The van der Waals surface area contributed by atoms with Crippen LogP contribution in [0.15, 0.2) is 437 Å². The summed E-state index contributed by atoms with van der Waals surface area (Å²) in [5.41, 5.74) is 30.3. The topological polar surface area (TPSA) is 95.4 Å². The van der Waals surface area contributed by atoms with Gasteiger partial charge in [-0.1, -0.05) is 376 Å². The van der Waals surface area contributed by atoms with E-state index in [0.29, 0.717) is 35.2 Å². The van der Waals surface area contributed by atoms with Gasteiger partial charge in [-0.05, 0) is 144 Å². The number of hydrogen-bond donors (Lipinski definition) is 0. The van der Waals surface area contributed by atoms with Gasteiger partial charge in [0.05, 0.1) is 44.8 Å². The molecule has 17 aromatic carbocycles. The minimum absolute atomic E-state index is 0.0382. The normalized spacial score (nSPS) is 13.6. The summed E-state index contributed by atoms with van der Waals surface area (Å²) in [6.07, 6.45) is 8.99. The molecule has 580 valence electrons. The van der Waals surface area contributed by atoms with Crippen LogP contribution in [0, 0.1) is 0 Å². The summed E-state index contributed by atoms with van der Waals surface area (Å²) in [7, 11) is 0. The molecule has 0 saturated carbocycles. The first kappa shape index (κ1) is 71.5. The Kier molecular flexibility index (Phi) is 17.2. The molecule has 10 nitrogen and oxygen atoms in total. The van der Waals surface area contributed by atoms with Crippen LogP contribution in [0.1, 0.15) is 11.5 Å². The second kappa shape index (κ2) is 29.8. The number of rotatable bonds is 15. The molecule has 0 fully saturated rings. The second-order valence-electron chi connectivity index (χ2n) is 32.1. The molecule has 124 heavy (non-hydrogen) atoms. The van der Waals surface area contributed by atoms with Crippen molar-refractivity contribution in [1.29, 1.82) is 0 Å². The summed E-state index contributed by atoms with van der Waals surface area (Å²) in [6.45, 7) is 0. The summed E-state index contributed by atoms with van der Waals surface area (Å²) in [6, 6.07) is 148. The van der Waals surface area contributed by atoms with Crippen molar-refractivity contribution < 1.29 is 0 Å². The third-order valence-electron chi connectivity index (χ3n) is 24.9. The fourth-order valence-electron chi connectivity index (χ4n) is 19.0. The zero-order chi connectivity index (χ0) is 81.7. The Balaban J connectivity index is 0.531. The van der Waals surface area contributed by atoms with Gasteiger partial charge < -0.3 is 14.0 Å². The fourth-order valence-corrected chi connectivity index (χ4v) is 19.0. The molecule has 0 spiro atoms. The lowest BCUT2D eigenvalue weighted by Crippen LogP contribution is -2.30. The molecule has 6 heterocycles. The number of fused-ring (bicyclic) bond motifs is 14. The molecule has 1 aliphatic heterocycles. The average Bonchev–Trinajstić information content (AvgIpc) is 1.55. The Labute approximate surface area is 716 Å². The van der Waals surface area contributed by atoms with Crippen LogP contribution in [-0.4, -0.2) is 49.6 Å². The van der Waals surface area contributed by atoms with Crippen LogP contribution in [0.2, 0.25) is 0 Å². The Morgan fingerprint density at radius 3 is 0.992 bits per heavy atom. The van der Waals surface area contributed by atoms with Gasteiger partial charge in [-0.15, -0.1) is 0 Å². The van der Waals surface area contributed by atoms with Crippen LogP contribution in [0.3, 0.4) is 0 Å². The molecule has 0 saturated heterocycles. The third kappa shape index (κ3) is 12.3. The molecule has 24 rings (SSSR count). The van der Waals surface area contributed by atoms with Gasteiger partial charge in [-0.3, -0.25) is 4.57 Å². The molecule has 22 aromatic rings. The number of anilines is 2. The molecule has 0 N–H and O–H groups in total. The van der Waals surface area contributed by atoms with Gasteiger partial charge in [0.1, 0.15) is 0 Å². The SMILES string of the molecule is C1=CC2c3ccc4c5ccccc5n(-c5cc(-c6ccccc6)cc(-c6ccccc6)c5)c4c3N(c3nc(-c4ccccc4)nc(-c4ccc(-c5ccc(-c6ccc(-c7cccc(-c8ccc(-n9c%10ccccc%10c%10ccc%11c%12ccccc%12n(-c%12nc(-c%13ccccc%13)nc(-c%13cccc(-c%14ccccc%14)c%13)n%12)c%11c%109)cc8)c7)cc6)cc5)cc4)n3)C2C=C1. The van der Waals surface area contributed by atoms with Gasteiger partial charge in [0, 0.05) is 71.9 Å². The summed E-state index contributed by atoms with van der Waals surface area (Å²) in [5, 5.41) is 6.84. The van der Waals surface area contributed by atoms with Crippen LogP contribution in [-0.2, 0) is 0 Å². The molecule has 0 amide bonds. The van der Waals surface area contributed by atoms with E-state index in [4.69, 9.17) is 29.9 Å². The van der Waals surface area contributed by atoms with Gasteiger partial charge in [0.15, 0.2) is 23.3 Å². The largest absolute Gasteiger partial charge is 0.307 e. The summed E-state index contributed by atoms with van der Waals surface area (Å²) < 4.78 is 7.17. The van der Waals surface area contributed by atoms with Crippen LogP contribution < -0.4 is 4.90 Å². The van der Waals surface area contributed by atoms with Crippen LogP contribution in [0.5, 0.6) is 0 Å². The fraction of sp³-hybridized carbons (Fsp3) is 0.0175. The first-order valence-corrected chi connectivity index (χ1v) is 42.2. The highest BCUT2D eigenvalue weighted by atomic mass is 15.3. The first-order valence-electron chi connectivity index (χ1n) is 42.2. The first-order chi connectivity index (χ1) is 61.5. The van der Waals surface area contributed by atoms with Crippen molar-refractivity contribution >= 4 is 77.1 Å². The maximum Gasteiger partial charge on any atom is 0.238 e. The van der Waals surface area contributed by atoms with Crippen molar-refractivity contribution in [1.82, 2.24) is 43.6 Å². The predicted molar refractivity (Wildman–Crippen MR) is 509 cm³/mol. The average molecular weight is 1580 g/mol. The molecule has 1 aliphatic carbocycles. The van der Waals surface area contributed by atoms with Crippen molar-refractivity contribution in [3.8, 4) is 141 Å². The number of nitrogens with zero attached hydrogens (tertiary/aromatic N) is 10. The standard InChI is InChI=1S/C114H74N10/c1-6-26-73(27-7-1)87-38-25-39-88(69-87)112-116-110(83-34-14-5-15-35-83)118-114(120-112)123-103-46-22-18-42-95(103)99-66-64-97-93-40-16-20-44-101(93)121(105(97)107(99)123)91-62-60-81(61-63-91)86-37-24-36-85(68-86)80-54-52-78(53-55-80)76-48-50-77(51-49-76)79-56-58-84(59-57-79)111-115-109(82-32-12-4-13-33-82)117-113(119-111)124-104-47-23-19-43-96(104)100-67-65-98-94-41-17-21-45-102(94)122(106(98)108(100)124)92-71-89(74-28-8-2-9-29-74)70-90(72-92)75-30-10-3-11-31-75/h1-72,96,104H. The van der Waals surface area contributed by atoms with E-state index in [-0.39, 0.29) is 12.0 Å². The van der Waals surface area contributed by atoms with E-state index >= 15 is 0 Å². The predicted octanol–water partition coefficient (Wildman–Crippen LogP) is 28.4. The highest BCUT2D eigenvalue weighted by Gasteiger charge is 2.42. The van der Waals surface area contributed by atoms with Gasteiger partial charge >= 0.3 is 0 Å². The molecule has 10 heteroatoms. The third-order valence-corrected chi connectivity index (χ3v) is 24.9. The van der Waals surface area contributed by atoms with E-state index in [1.165, 1.54) is 10.9 Å². The smallest absolute Gasteiger partial charge is 0.238 e. The second-order valence-corrected chi connectivity index (χ2v) is 32.1. The Morgan fingerprint density at radius 1 is 0.194 bits per heavy atom. The zero-order valence-corrected chi connectivity index (χ0v) is 67.2. The Hall–Kier alpha value is -16.6. The molecular weight excluding hydrogens is 1510 g/mol. The number of hydrogen-bond acceptors (Lipinski definition) is 7. The van der Waals surface area contributed by atoms with E-state index in [9.17, 15) is 0 Å². The number of benzene rings is 17. The van der Waals surface area contributed by atoms with Gasteiger partial charge in [0.25, 0.3) is 0 Å². The summed E-state index contributed by atoms with van der Waals surface area (Å²) >= 11 is 0. The van der Waals surface area contributed by atoms with Crippen molar-refractivity contribution in [3.63, 3.8) is 0 Å². The van der Waals surface area contributed by atoms with Crippen LogP contribution >= 0.6 is 0 Å². The highest BCUT2D eigenvalue weighted by molar-refractivity contribution is 6.24. The maximum atomic E-state index is 5.56. The Morgan fingerprint density at radius 2 is 0.508 bits per heavy atom. The lowest BCUT2D eigenvalue weighted by atomic mass is 9.91. The van der Waals surface area contributed by atoms with Crippen molar-refractivity contribution in [2.24, 2.45) is 0 Å². The molecule has 2 aliphatic rings. The van der Waals surface area contributed by atoms with E-state index < -0.39 is 0 Å².